The van der Waals surface area contributed by atoms with E-state index in [1.54, 1.807) is 18.2 Å². The number of benzene rings is 2. The fourth-order valence-electron chi connectivity index (χ4n) is 2.34. The minimum Gasteiger partial charge on any atom is -0.307 e. The predicted molar refractivity (Wildman–Crippen MR) is 97.2 cm³/mol. The molecule has 2 aromatic rings. The molecule has 0 aliphatic rings. The number of hydrogen-bond donors (Lipinski definition) is 0. The molecule has 0 saturated heterocycles. The third-order valence-corrected chi connectivity index (χ3v) is 5.30. The zero-order valence-corrected chi connectivity index (χ0v) is 15.9. The Bertz CT molecular complexity index is 943. The summed E-state index contributed by atoms with van der Waals surface area (Å²) in [5.74, 6) is -0.373. The molecule has 1 amide bonds. The van der Waals surface area contributed by atoms with Gasteiger partial charge < -0.3 is 4.90 Å². The van der Waals surface area contributed by atoms with Crippen LogP contribution in [0.25, 0.3) is 0 Å². The van der Waals surface area contributed by atoms with E-state index in [1.165, 1.54) is 36.1 Å². The first-order valence-electron chi connectivity index (χ1n) is 7.11. The second kappa shape index (κ2) is 7.32. The first-order valence-corrected chi connectivity index (χ1v) is 9.79. The van der Waals surface area contributed by atoms with E-state index in [2.05, 4.69) is 15.9 Å². The number of nitro groups is 1. The van der Waals surface area contributed by atoms with Crippen molar-refractivity contribution in [2.45, 2.75) is 18.4 Å². The van der Waals surface area contributed by atoms with Crippen LogP contribution in [0.3, 0.4) is 0 Å². The number of rotatable bonds is 5. The molecule has 0 aromatic heterocycles. The number of halogens is 1. The number of carbonyl (C=O) groups is 1. The van der Waals surface area contributed by atoms with Crippen molar-refractivity contribution in [1.82, 2.24) is 0 Å². The lowest BCUT2D eigenvalue weighted by molar-refractivity contribution is -0.385. The lowest BCUT2D eigenvalue weighted by Gasteiger charge is -2.23. The van der Waals surface area contributed by atoms with Gasteiger partial charge in [0.15, 0.2) is 9.84 Å². The number of sulfone groups is 1. The average molecular weight is 427 g/mol. The lowest BCUT2D eigenvalue weighted by atomic mass is 10.1. The summed E-state index contributed by atoms with van der Waals surface area (Å²) < 4.78 is 24.3. The van der Waals surface area contributed by atoms with Crippen LogP contribution in [-0.2, 0) is 21.2 Å². The largest absolute Gasteiger partial charge is 0.307 e. The third kappa shape index (κ3) is 4.43. The Morgan fingerprint density at radius 1 is 1.24 bits per heavy atom. The SMILES string of the molecule is CC(=O)N(Cc1ccc(Br)c([N+](=O)[O-])c1)c1ccccc1S(C)(=O)=O. The van der Waals surface area contributed by atoms with Crippen molar-refractivity contribution in [3.8, 4) is 0 Å². The number of carbonyl (C=O) groups excluding carboxylic acids is 1. The number of para-hydroxylation sites is 1. The molecule has 9 heteroatoms. The summed E-state index contributed by atoms with van der Waals surface area (Å²) in [4.78, 5) is 23.9. The molecule has 0 N–H and O–H groups in total. The van der Waals surface area contributed by atoms with E-state index >= 15 is 0 Å². The van der Waals surface area contributed by atoms with Gasteiger partial charge in [-0.15, -0.1) is 0 Å². The predicted octanol–water partition coefficient (Wildman–Crippen LogP) is 3.31. The summed E-state index contributed by atoms with van der Waals surface area (Å²) in [5, 5.41) is 11.1. The Balaban J connectivity index is 2.51. The summed E-state index contributed by atoms with van der Waals surface area (Å²) in [6.45, 7) is 1.32. The fraction of sp³-hybridized carbons (Fsp3) is 0.188. The Kier molecular flexibility index (Phi) is 5.58. The smallest absolute Gasteiger partial charge is 0.283 e. The van der Waals surface area contributed by atoms with Crippen molar-refractivity contribution in [2.75, 3.05) is 11.2 Å². The van der Waals surface area contributed by atoms with Crippen molar-refractivity contribution in [1.29, 1.82) is 0 Å². The number of anilines is 1. The van der Waals surface area contributed by atoms with Crippen molar-refractivity contribution in [3.63, 3.8) is 0 Å². The lowest BCUT2D eigenvalue weighted by Crippen LogP contribution is -2.29. The maximum absolute atomic E-state index is 12.1. The van der Waals surface area contributed by atoms with Gasteiger partial charge in [-0.2, -0.15) is 0 Å². The van der Waals surface area contributed by atoms with Crippen LogP contribution in [0.4, 0.5) is 11.4 Å². The maximum atomic E-state index is 12.1. The highest BCUT2D eigenvalue weighted by molar-refractivity contribution is 9.10. The zero-order valence-electron chi connectivity index (χ0n) is 13.5. The molecule has 0 unspecified atom stereocenters. The van der Waals surface area contributed by atoms with Crippen molar-refractivity contribution in [3.05, 3.63) is 62.6 Å². The van der Waals surface area contributed by atoms with Gasteiger partial charge in [0, 0.05) is 19.2 Å². The first kappa shape index (κ1) is 19.1. The fourth-order valence-corrected chi connectivity index (χ4v) is 3.61. The monoisotopic (exact) mass is 426 g/mol. The summed E-state index contributed by atoms with van der Waals surface area (Å²) in [7, 11) is -3.54. The van der Waals surface area contributed by atoms with Crippen LogP contribution in [0.2, 0.25) is 0 Å². The number of nitrogens with zero attached hydrogens (tertiary/aromatic N) is 2. The highest BCUT2D eigenvalue weighted by Gasteiger charge is 2.22. The van der Waals surface area contributed by atoms with E-state index in [-0.39, 0.29) is 28.7 Å². The van der Waals surface area contributed by atoms with Crippen LogP contribution in [0.15, 0.2) is 51.8 Å². The van der Waals surface area contributed by atoms with Crippen LogP contribution in [0, 0.1) is 10.1 Å². The molecule has 0 fully saturated rings. The standard InChI is InChI=1S/C16H15BrN2O5S/c1-11(20)18(14-5-3-4-6-16(14)25(2,23)24)10-12-7-8-13(17)15(9-12)19(21)22/h3-9H,10H2,1-2H3. The van der Waals surface area contributed by atoms with Gasteiger partial charge in [-0.1, -0.05) is 18.2 Å². The highest BCUT2D eigenvalue weighted by Crippen LogP contribution is 2.29. The zero-order chi connectivity index (χ0) is 18.8. The van der Waals surface area contributed by atoms with Crippen LogP contribution in [-0.4, -0.2) is 25.5 Å². The van der Waals surface area contributed by atoms with Gasteiger partial charge in [0.05, 0.1) is 26.5 Å². The number of nitro benzene ring substituents is 1. The Morgan fingerprint density at radius 2 is 1.88 bits per heavy atom. The van der Waals surface area contributed by atoms with Gasteiger partial charge in [-0.25, -0.2) is 8.42 Å². The Hall–Kier alpha value is -2.26. The molecule has 7 nitrogen and oxygen atoms in total. The molecule has 0 atom stereocenters. The van der Waals surface area contributed by atoms with E-state index in [1.807, 2.05) is 0 Å². The number of hydrogen-bond acceptors (Lipinski definition) is 5. The quantitative estimate of drug-likeness (QED) is 0.539. The molecule has 0 aliphatic carbocycles. The molecular formula is C16H15BrN2O5S. The van der Waals surface area contributed by atoms with Crippen LogP contribution in [0.5, 0.6) is 0 Å². The second-order valence-electron chi connectivity index (χ2n) is 5.39. The van der Waals surface area contributed by atoms with Gasteiger partial charge in [0.25, 0.3) is 5.69 Å². The van der Waals surface area contributed by atoms with Gasteiger partial charge in [0.2, 0.25) is 5.91 Å². The molecule has 132 valence electrons. The first-order chi connectivity index (χ1) is 11.6. The van der Waals surface area contributed by atoms with Crippen LogP contribution < -0.4 is 4.90 Å². The number of amides is 1. The molecule has 0 radical (unpaired) electrons. The summed E-state index contributed by atoms with van der Waals surface area (Å²) >= 11 is 3.11. The Labute approximate surface area is 153 Å². The van der Waals surface area contributed by atoms with Crippen molar-refractivity contribution >= 4 is 43.0 Å². The van der Waals surface area contributed by atoms with E-state index in [9.17, 15) is 23.3 Å². The normalized spacial score (nSPS) is 11.2. The molecule has 0 heterocycles. The maximum Gasteiger partial charge on any atom is 0.283 e. The molecule has 0 spiro atoms. The van der Waals surface area contributed by atoms with Gasteiger partial charge >= 0.3 is 0 Å². The molecule has 25 heavy (non-hydrogen) atoms. The minimum absolute atomic E-state index is 0.00991. The summed E-state index contributed by atoms with van der Waals surface area (Å²) in [5.41, 5.74) is 0.619. The van der Waals surface area contributed by atoms with Crippen LogP contribution >= 0.6 is 15.9 Å². The summed E-state index contributed by atoms with van der Waals surface area (Å²) in [6, 6.07) is 10.7. The molecule has 2 aromatic carbocycles. The van der Waals surface area contributed by atoms with E-state index in [4.69, 9.17) is 0 Å². The molecule has 0 aliphatic heterocycles. The molecule has 0 saturated carbocycles. The third-order valence-electron chi connectivity index (χ3n) is 3.48. The van der Waals surface area contributed by atoms with E-state index in [0.717, 1.165) is 6.26 Å². The topological polar surface area (TPSA) is 97.6 Å². The van der Waals surface area contributed by atoms with Crippen molar-refractivity contribution in [2.24, 2.45) is 0 Å². The summed E-state index contributed by atoms with van der Waals surface area (Å²) in [6.07, 6.45) is 1.06. The Morgan fingerprint density at radius 3 is 2.44 bits per heavy atom. The van der Waals surface area contributed by atoms with E-state index < -0.39 is 14.8 Å². The average Bonchev–Trinajstić information content (AvgIpc) is 2.52. The second-order valence-corrected chi connectivity index (χ2v) is 8.23. The molecular weight excluding hydrogens is 412 g/mol. The molecule has 0 bridgehead atoms. The van der Waals surface area contributed by atoms with Crippen molar-refractivity contribution < 1.29 is 18.1 Å². The van der Waals surface area contributed by atoms with Gasteiger partial charge in [-0.3, -0.25) is 14.9 Å². The molecule has 2 rings (SSSR count). The minimum atomic E-state index is -3.54. The van der Waals surface area contributed by atoms with E-state index in [0.29, 0.717) is 10.0 Å². The van der Waals surface area contributed by atoms with Gasteiger partial charge in [-0.05, 0) is 39.7 Å². The van der Waals surface area contributed by atoms with Crippen LogP contribution in [0.1, 0.15) is 12.5 Å². The highest BCUT2D eigenvalue weighted by atomic mass is 79.9. The van der Waals surface area contributed by atoms with Gasteiger partial charge in [0.1, 0.15) is 0 Å².